The van der Waals surface area contributed by atoms with Crippen LogP contribution in [0.1, 0.15) is 55.8 Å². The Morgan fingerprint density at radius 2 is 1.65 bits per heavy atom. The van der Waals surface area contributed by atoms with Crippen LogP contribution in [-0.4, -0.2) is 89.8 Å². The number of hydrogen-bond donors (Lipinski definition) is 6. The number of benzene rings is 2. The van der Waals surface area contributed by atoms with Crippen molar-refractivity contribution in [3.63, 3.8) is 0 Å². The van der Waals surface area contributed by atoms with Crippen LogP contribution in [0.3, 0.4) is 0 Å². The molecular formula is C39H54N8O6Si. The molecule has 4 aliphatic heterocycles. The van der Waals surface area contributed by atoms with Crippen molar-refractivity contribution in [3.8, 4) is 0 Å². The van der Waals surface area contributed by atoms with Gasteiger partial charge in [-0.1, -0.05) is 24.3 Å². The molecular weight excluding hydrogens is 705 g/mol. The molecule has 3 aromatic rings. The van der Waals surface area contributed by atoms with Gasteiger partial charge < -0.3 is 40.8 Å². The molecule has 4 aliphatic rings. The zero-order valence-corrected chi connectivity index (χ0v) is 32.5. The number of rotatable bonds is 12. The Morgan fingerprint density at radius 3 is 2.26 bits per heavy atom. The van der Waals surface area contributed by atoms with E-state index in [0.29, 0.717) is 60.8 Å². The minimum Gasteiger partial charge on any atom is -0.432 e. The monoisotopic (exact) mass is 758 g/mol. The standard InChI is InChI=1S/C39H54N8O6Si/c1-25-35(54(2,3)52)34(14-18-46-24-31(15-19-48)44-45-46)53-39(25)32-20-30(43-37(50)28-7-5-17-41-22-28)12-13-33(32)47(38(39)51)23-26-8-10-29(11-9-26)42-36(49)27-6-4-16-40-21-27/h8-13,20,24-25,27-28,34-35,40-41,48,52H,4-7,14-19,21-23H2,1-3H3,(H,42,49)(H,43,50)/t25-,27?,28?,34+,35-,39+/m1/s1. The van der Waals surface area contributed by atoms with Crippen molar-refractivity contribution >= 4 is 43.1 Å². The number of carbonyl (C=O) groups excluding carboxylic acids is 3. The first-order valence-corrected chi connectivity index (χ1v) is 22.5. The molecule has 7 rings (SSSR count). The number of anilines is 3. The van der Waals surface area contributed by atoms with Crippen LogP contribution in [0.15, 0.2) is 48.7 Å². The van der Waals surface area contributed by atoms with Crippen LogP contribution in [-0.2, 0) is 44.2 Å². The average molecular weight is 759 g/mol. The number of aryl methyl sites for hydroxylation is 1. The van der Waals surface area contributed by atoms with Crippen LogP contribution < -0.4 is 26.2 Å². The fraction of sp³-hybridized carbons (Fsp3) is 0.564. The molecule has 3 fully saturated rings. The van der Waals surface area contributed by atoms with E-state index in [2.05, 4.69) is 31.6 Å². The van der Waals surface area contributed by atoms with Gasteiger partial charge in [-0.05, 0) is 94.2 Å². The molecule has 54 heavy (non-hydrogen) atoms. The van der Waals surface area contributed by atoms with E-state index in [-0.39, 0.29) is 54.2 Å². The maximum absolute atomic E-state index is 15.1. The van der Waals surface area contributed by atoms with Crippen molar-refractivity contribution in [2.45, 2.75) is 88.9 Å². The van der Waals surface area contributed by atoms with E-state index in [1.165, 1.54) is 0 Å². The van der Waals surface area contributed by atoms with Crippen molar-refractivity contribution < 1.29 is 29.0 Å². The topological polar surface area (TPSA) is 183 Å². The lowest BCUT2D eigenvalue weighted by Crippen LogP contribution is -2.46. The molecule has 6 N–H and O–H groups in total. The number of piperidine rings is 2. The van der Waals surface area contributed by atoms with Crippen LogP contribution in [0.25, 0.3) is 0 Å². The number of ether oxygens (including phenoxy) is 1. The highest BCUT2D eigenvalue weighted by Crippen LogP contribution is 2.60. The highest BCUT2D eigenvalue weighted by molar-refractivity contribution is 6.71. The normalized spacial score (nSPS) is 26.9. The predicted octanol–water partition coefficient (Wildman–Crippen LogP) is 3.12. The highest BCUT2D eigenvalue weighted by Gasteiger charge is 2.66. The first kappa shape index (κ1) is 38.3. The molecule has 2 unspecified atom stereocenters. The predicted molar refractivity (Wildman–Crippen MR) is 207 cm³/mol. The second-order valence-corrected chi connectivity index (χ2v) is 20.0. The van der Waals surface area contributed by atoms with Crippen molar-refractivity contribution in [1.29, 1.82) is 0 Å². The summed E-state index contributed by atoms with van der Waals surface area (Å²) >= 11 is 0. The fourth-order valence-electron chi connectivity index (χ4n) is 9.03. The molecule has 290 valence electrons. The Labute approximate surface area is 317 Å². The molecule has 3 amide bonds. The first-order valence-electron chi connectivity index (χ1n) is 19.5. The molecule has 5 heterocycles. The Kier molecular flexibility index (Phi) is 11.3. The smallest absolute Gasteiger partial charge is 0.264 e. The molecule has 3 saturated heterocycles. The first-order chi connectivity index (χ1) is 26.0. The number of carbonyl (C=O) groups is 3. The van der Waals surface area contributed by atoms with Crippen LogP contribution in [0, 0.1) is 17.8 Å². The maximum atomic E-state index is 15.1. The molecule has 0 aliphatic carbocycles. The van der Waals surface area contributed by atoms with Gasteiger partial charge in [-0.25, -0.2) is 0 Å². The maximum Gasteiger partial charge on any atom is 0.264 e. The molecule has 0 bridgehead atoms. The SMILES string of the molecule is C[C@@H]1[C@@H]([Si](C)(C)O)[C@H](CCn2cc(CCO)nn2)O[C@@]12C(=O)N(Cc1ccc(NC(=O)C3CCCNC3)cc1)c1ccc(NC(=O)C3CCCNC3)cc12. The van der Waals surface area contributed by atoms with Crippen LogP contribution >= 0.6 is 0 Å². The average Bonchev–Trinajstić information content (AvgIpc) is 3.81. The second kappa shape index (κ2) is 16.0. The number of nitrogens with zero attached hydrogens (tertiary/aromatic N) is 4. The van der Waals surface area contributed by atoms with E-state index in [1.807, 2.05) is 62.5 Å². The Balaban J connectivity index is 1.18. The lowest BCUT2D eigenvalue weighted by Gasteiger charge is -2.32. The van der Waals surface area contributed by atoms with Gasteiger partial charge in [-0.2, -0.15) is 0 Å². The summed E-state index contributed by atoms with van der Waals surface area (Å²) in [4.78, 5) is 54.8. The summed E-state index contributed by atoms with van der Waals surface area (Å²) in [6, 6.07) is 13.2. The fourth-order valence-corrected chi connectivity index (χ4v) is 11.6. The molecule has 0 radical (unpaired) electrons. The number of aromatic nitrogens is 3. The van der Waals surface area contributed by atoms with E-state index in [9.17, 15) is 19.5 Å². The summed E-state index contributed by atoms with van der Waals surface area (Å²) in [6.45, 7) is 9.66. The van der Waals surface area contributed by atoms with Gasteiger partial charge in [0.1, 0.15) is 0 Å². The van der Waals surface area contributed by atoms with Gasteiger partial charge in [0.2, 0.25) is 11.8 Å². The zero-order valence-electron chi connectivity index (χ0n) is 31.5. The minimum absolute atomic E-state index is 0.00411. The van der Waals surface area contributed by atoms with Gasteiger partial charge >= 0.3 is 0 Å². The van der Waals surface area contributed by atoms with Crippen LogP contribution in [0.2, 0.25) is 18.6 Å². The molecule has 15 heteroatoms. The van der Waals surface area contributed by atoms with Gasteiger partial charge in [0.15, 0.2) is 13.9 Å². The Bertz CT molecular complexity index is 1820. The number of hydrogen-bond acceptors (Lipinski definition) is 10. The number of aliphatic hydroxyl groups is 1. The highest BCUT2D eigenvalue weighted by atomic mass is 28.4. The summed E-state index contributed by atoms with van der Waals surface area (Å²) < 4.78 is 8.77. The molecule has 6 atom stereocenters. The number of amides is 3. The van der Waals surface area contributed by atoms with E-state index in [4.69, 9.17) is 4.74 Å². The zero-order chi connectivity index (χ0) is 38.0. The van der Waals surface area contributed by atoms with Crippen molar-refractivity contribution in [2.24, 2.45) is 17.8 Å². The summed E-state index contributed by atoms with van der Waals surface area (Å²) in [5.41, 5.74) is 2.58. The van der Waals surface area contributed by atoms with Crippen LogP contribution in [0.5, 0.6) is 0 Å². The van der Waals surface area contributed by atoms with Crippen molar-refractivity contribution in [1.82, 2.24) is 25.6 Å². The molecule has 1 aromatic heterocycles. The summed E-state index contributed by atoms with van der Waals surface area (Å²) in [5.74, 6) is -0.842. The third-order valence-corrected chi connectivity index (χ3v) is 14.2. The van der Waals surface area contributed by atoms with Crippen LogP contribution in [0.4, 0.5) is 17.1 Å². The van der Waals surface area contributed by atoms with E-state index >= 15 is 4.79 Å². The third kappa shape index (κ3) is 7.75. The molecule has 1 spiro atoms. The van der Waals surface area contributed by atoms with Crippen molar-refractivity contribution in [2.75, 3.05) is 48.3 Å². The number of nitrogens with one attached hydrogen (secondary N) is 4. The van der Waals surface area contributed by atoms with Crippen molar-refractivity contribution in [3.05, 3.63) is 65.5 Å². The summed E-state index contributed by atoms with van der Waals surface area (Å²) in [5, 5.41) is 30.5. The second-order valence-electron chi connectivity index (χ2n) is 16.0. The lowest BCUT2D eigenvalue weighted by molar-refractivity contribution is -0.146. The largest absolute Gasteiger partial charge is 0.432 e. The Morgan fingerprint density at radius 1 is 1.00 bits per heavy atom. The molecule has 0 saturated carbocycles. The van der Waals surface area contributed by atoms with E-state index in [1.54, 1.807) is 15.8 Å². The number of aliphatic hydroxyl groups excluding tert-OH is 1. The summed E-state index contributed by atoms with van der Waals surface area (Å²) in [7, 11) is -2.92. The molecule has 14 nitrogen and oxygen atoms in total. The van der Waals surface area contributed by atoms with E-state index in [0.717, 1.165) is 44.3 Å². The molecule has 2 aromatic carbocycles. The Hall–Kier alpha value is -3.99. The van der Waals surface area contributed by atoms with Gasteiger partial charge in [-0.3, -0.25) is 19.1 Å². The number of fused-ring (bicyclic) bond motifs is 2. The quantitative estimate of drug-likeness (QED) is 0.150. The van der Waals surface area contributed by atoms with Gasteiger partial charge in [0.05, 0.1) is 35.9 Å². The lowest BCUT2D eigenvalue weighted by atomic mass is 9.82. The third-order valence-electron chi connectivity index (χ3n) is 11.7. The van der Waals surface area contributed by atoms with Gasteiger partial charge in [0.25, 0.3) is 5.91 Å². The van der Waals surface area contributed by atoms with E-state index < -0.39 is 20.0 Å². The summed E-state index contributed by atoms with van der Waals surface area (Å²) in [6.07, 6.45) is 5.84. The van der Waals surface area contributed by atoms with Gasteiger partial charge in [-0.15, -0.1) is 5.10 Å². The van der Waals surface area contributed by atoms with Gasteiger partial charge in [0, 0.05) is 67.3 Å². The minimum atomic E-state index is -2.92.